The fourth-order valence-electron chi connectivity index (χ4n) is 0.976. The number of carboxylic acid groups (broad SMARTS) is 1. The number of hydrogen-bond acceptors (Lipinski definition) is 2. The molecular formula is C9H4F3NO2. The second-order valence-electron chi connectivity index (χ2n) is 2.66. The van der Waals surface area contributed by atoms with Crippen LogP contribution in [0.25, 0.3) is 0 Å². The molecule has 0 aliphatic rings. The molecule has 0 spiro atoms. The Hall–Kier alpha value is -2.03. The summed E-state index contributed by atoms with van der Waals surface area (Å²) in [6.07, 6.45) is 0. The molecule has 0 radical (unpaired) electrons. The van der Waals surface area contributed by atoms with Crippen LogP contribution in [-0.4, -0.2) is 11.1 Å². The molecule has 0 aliphatic carbocycles. The first-order chi connectivity index (χ1) is 6.91. The van der Waals surface area contributed by atoms with E-state index in [1.807, 2.05) is 0 Å². The average Bonchev–Trinajstić information content (AvgIpc) is 2.17. The van der Waals surface area contributed by atoms with Crippen molar-refractivity contribution in [3.8, 4) is 6.07 Å². The molecule has 1 aromatic rings. The summed E-state index contributed by atoms with van der Waals surface area (Å²) in [4.78, 5) is 10.2. The number of carboxylic acids is 1. The second-order valence-corrected chi connectivity index (χ2v) is 2.66. The van der Waals surface area contributed by atoms with E-state index in [1.165, 1.54) is 6.07 Å². The lowest BCUT2D eigenvalue weighted by atomic mass is 10.0. The maximum atomic E-state index is 13.2. The number of alkyl halides is 2. The van der Waals surface area contributed by atoms with Crippen molar-refractivity contribution in [2.75, 3.05) is 0 Å². The number of halogens is 3. The molecule has 0 saturated heterocycles. The quantitative estimate of drug-likeness (QED) is 0.819. The molecule has 0 fully saturated rings. The number of hydrogen-bond donors (Lipinski definition) is 1. The first-order valence-electron chi connectivity index (χ1n) is 3.71. The zero-order chi connectivity index (χ0) is 11.6. The Morgan fingerprint density at radius 2 is 2.07 bits per heavy atom. The topological polar surface area (TPSA) is 61.1 Å². The Balaban J connectivity index is 3.40. The minimum Gasteiger partial charge on any atom is -0.477 e. The van der Waals surface area contributed by atoms with Crippen molar-refractivity contribution in [3.05, 3.63) is 35.1 Å². The third-order valence-corrected chi connectivity index (χ3v) is 1.73. The van der Waals surface area contributed by atoms with Gasteiger partial charge >= 0.3 is 11.9 Å². The summed E-state index contributed by atoms with van der Waals surface area (Å²) in [5.41, 5.74) is -1.93. The van der Waals surface area contributed by atoms with Crippen LogP contribution in [0.2, 0.25) is 0 Å². The van der Waals surface area contributed by atoms with Gasteiger partial charge in [0.05, 0.1) is 11.1 Å². The molecule has 0 atom stereocenters. The van der Waals surface area contributed by atoms with Gasteiger partial charge in [-0.25, -0.2) is 9.18 Å². The summed E-state index contributed by atoms with van der Waals surface area (Å²) in [5, 5.41) is 16.5. The van der Waals surface area contributed by atoms with Gasteiger partial charge in [-0.15, -0.1) is 0 Å². The standard InChI is InChI=1S/C9H4F3NO2/c10-7-5(4-13)2-1-3-6(7)9(11,12)8(14)15/h1-3H,(H,14,15). The predicted octanol–water partition coefficient (Wildman–Crippen LogP) is 1.87. The van der Waals surface area contributed by atoms with Gasteiger partial charge in [0, 0.05) is 0 Å². The van der Waals surface area contributed by atoms with Crippen LogP contribution in [-0.2, 0) is 10.7 Å². The van der Waals surface area contributed by atoms with Gasteiger partial charge < -0.3 is 5.11 Å². The highest BCUT2D eigenvalue weighted by atomic mass is 19.3. The van der Waals surface area contributed by atoms with Gasteiger partial charge in [0.15, 0.2) is 5.82 Å². The molecule has 78 valence electrons. The fourth-order valence-corrected chi connectivity index (χ4v) is 0.976. The number of carbonyl (C=O) groups is 1. The van der Waals surface area contributed by atoms with Crippen molar-refractivity contribution < 1.29 is 23.1 Å². The number of nitriles is 1. The molecule has 0 saturated carbocycles. The van der Waals surface area contributed by atoms with Gasteiger partial charge in [0.2, 0.25) is 0 Å². The Morgan fingerprint density at radius 1 is 1.47 bits per heavy atom. The molecule has 15 heavy (non-hydrogen) atoms. The summed E-state index contributed by atoms with van der Waals surface area (Å²) in [5.74, 6) is -8.30. The maximum absolute atomic E-state index is 13.2. The van der Waals surface area contributed by atoms with Gasteiger partial charge in [-0.3, -0.25) is 0 Å². The van der Waals surface area contributed by atoms with Gasteiger partial charge in [-0.1, -0.05) is 6.07 Å². The van der Waals surface area contributed by atoms with E-state index in [-0.39, 0.29) is 0 Å². The van der Waals surface area contributed by atoms with Gasteiger partial charge in [0.25, 0.3) is 0 Å². The largest absolute Gasteiger partial charge is 0.477 e. The molecule has 1 N–H and O–H groups in total. The molecule has 0 aliphatic heterocycles. The lowest BCUT2D eigenvalue weighted by Gasteiger charge is -2.12. The van der Waals surface area contributed by atoms with E-state index in [1.54, 1.807) is 0 Å². The SMILES string of the molecule is N#Cc1cccc(C(F)(F)C(=O)O)c1F. The number of nitrogens with zero attached hydrogens (tertiary/aromatic N) is 1. The lowest BCUT2D eigenvalue weighted by molar-refractivity contribution is -0.166. The van der Waals surface area contributed by atoms with E-state index in [9.17, 15) is 18.0 Å². The molecule has 0 heterocycles. The van der Waals surface area contributed by atoms with Crippen molar-refractivity contribution in [3.63, 3.8) is 0 Å². The average molecular weight is 215 g/mol. The normalized spacial score (nSPS) is 10.8. The van der Waals surface area contributed by atoms with Crippen molar-refractivity contribution in [2.24, 2.45) is 0 Å². The van der Waals surface area contributed by atoms with Crippen molar-refractivity contribution in [1.82, 2.24) is 0 Å². The summed E-state index contributed by atoms with van der Waals surface area (Å²) in [6.45, 7) is 0. The zero-order valence-electron chi connectivity index (χ0n) is 7.17. The lowest BCUT2D eigenvalue weighted by Crippen LogP contribution is -2.26. The van der Waals surface area contributed by atoms with Crippen LogP contribution in [0.1, 0.15) is 11.1 Å². The molecular weight excluding hydrogens is 211 g/mol. The predicted molar refractivity (Wildman–Crippen MR) is 42.6 cm³/mol. The van der Waals surface area contributed by atoms with E-state index >= 15 is 0 Å². The van der Waals surface area contributed by atoms with Crippen molar-refractivity contribution >= 4 is 5.97 Å². The molecule has 6 heteroatoms. The number of rotatable bonds is 2. The maximum Gasteiger partial charge on any atom is 0.379 e. The Morgan fingerprint density at radius 3 is 2.53 bits per heavy atom. The van der Waals surface area contributed by atoms with Crippen LogP contribution in [0.15, 0.2) is 18.2 Å². The molecule has 1 rings (SSSR count). The smallest absolute Gasteiger partial charge is 0.379 e. The number of benzene rings is 1. The molecule has 3 nitrogen and oxygen atoms in total. The molecule has 0 aromatic heterocycles. The van der Waals surface area contributed by atoms with Gasteiger partial charge in [-0.2, -0.15) is 14.0 Å². The van der Waals surface area contributed by atoms with Crippen LogP contribution in [0.4, 0.5) is 13.2 Å². The highest BCUT2D eigenvalue weighted by molar-refractivity contribution is 5.77. The molecule has 0 amide bonds. The van der Waals surface area contributed by atoms with Crippen molar-refractivity contribution in [2.45, 2.75) is 5.92 Å². The van der Waals surface area contributed by atoms with E-state index in [0.717, 1.165) is 12.1 Å². The summed E-state index contributed by atoms with van der Waals surface area (Å²) >= 11 is 0. The summed E-state index contributed by atoms with van der Waals surface area (Å²) in [7, 11) is 0. The van der Waals surface area contributed by atoms with Crippen LogP contribution < -0.4 is 0 Å². The van der Waals surface area contributed by atoms with Crippen molar-refractivity contribution in [1.29, 1.82) is 5.26 Å². The first-order valence-corrected chi connectivity index (χ1v) is 3.71. The highest BCUT2D eigenvalue weighted by Gasteiger charge is 2.43. The number of aliphatic carboxylic acids is 1. The summed E-state index contributed by atoms with van der Waals surface area (Å²) in [6, 6.07) is 3.95. The molecule has 1 aromatic carbocycles. The van der Waals surface area contributed by atoms with Gasteiger partial charge in [-0.05, 0) is 12.1 Å². The van der Waals surface area contributed by atoms with E-state index in [0.29, 0.717) is 6.07 Å². The molecule has 0 unspecified atom stereocenters. The Kier molecular flexibility index (Phi) is 2.66. The van der Waals surface area contributed by atoms with Crippen LogP contribution in [0, 0.1) is 17.1 Å². The van der Waals surface area contributed by atoms with E-state index < -0.39 is 28.8 Å². The zero-order valence-corrected chi connectivity index (χ0v) is 7.17. The minimum atomic E-state index is -4.34. The van der Waals surface area contributed by atoms with Crippen LogP contribution in [0.5, 0.6) is 0 Å². The van der Waals surface area contributed by atoms with E-state index in [4.69, 9.17) is 10.4 Å². The second kappa shape index (κ2) is 3.61. The first kappa shape index (κ1) is 11.0. The van der Waals surface area contributed by atoms with Crippen LogP contribution in [0.3, 0.4) is 0 Å². The third kappa shape index (κ3) is 1.76. The molecule has 0 bridgehead atoms. The Bertz CT molecular complexity index is 451. The van der Waals surface area contributed by atoms with E-state index in [2.05, 4.69) is 0 Å². The van der Waals surface area contributed by atoms with Gasteiger partial charge in [0.1, 0.15) is 6.07 Å². The minimum absolute atomic E-state index is 0.617. The fraction of sp³-hybridized carbons (Fsp3) is 0.111. The third-order valence-electron chi connectivity index (χ3n) is 1.73. The summed E-state index contributed by atoms with van der Waals surface area (Å²) < 4.78 is 39.0. The Labute approximate surface area is 82.4 Å². The van der Waals surface area contributed by atoms with Crippen LogP contribution >= 0.6 is 0 Å². The monoisotopic (exact) mass is 215 g/mol. The highest BCUT2D eigenvalue weighted by Crippen LogP contribution is 2.31.